The van der Waals surface area contributed by atoms with Gasteiger partial charge in [0.25, 0.3) is 0 Å². The summed E-state index contributed by atoms with van der Waals surface area (Å²) >= 11 is 0. The van der Waals surface area contributed by atoms with Crippen LogP contribution >= 0.6 is 0 Å². The minimum absolute atomic E-state index is 0.239. The smallest absolute Gasteiger partial charge is 0.410 e. The number of likely N-dealkylation sites (tertiary alicyclic amines) is 1. The quantitative estimate of drug-likeness (QED) is 0.705. The van der Waals surface area contributed by atoms with Crippen molar-refractivity contribution in [2.45, 2.75) is 63.4 Å². The van der Waals surface area contributed by atoms with Gasteiger partial charge in [-0.1, -0.05) is 60.7 Å². The van der Waals surface area contributed by atoms with Gasteiger partial charge < -0.3 is 28.6 Å². The van der Waals surface area contributed by atoms with Crippen LogP contribution in [0.5, 0.6) is 0 Å². The van der Waals surface area contributed by atoms with Crippen LogP contribution in [0.1, 0.15) is 31.4 Å². The van der Waals surface area contributed by atoms with Gasteiger partial charge in [-0.15, -0.1) is 0 Å². The van der Waals surface area contributed by atoms with Gasteiger partial charge in [-0.2, -0.15) is 0 Å². The molecule has 0 aliphatic carbocycles. The Hall–Kier alpha value is -2.45. The van der Waals surface area contributed by atoms with Crippen molar-refractivity contribution in [1.82, 2.24) is 4.90 Å². The Morgan fingerprint density at radius 3 is 2.34 bits per heavy atom. The van der Waals surface area contributed by atoms with Crippen molar-refractivity contribution in [2.24, 2.45) is 0 Å². The Balaban J connectivity index is 1.29. The molecular weight excluding hydrogens is 410 g/mol. The highest BCUT2D eigenvalue weighted by atomic mass is 16.8. The molecule has 3 aliphatic heterocycles. The van der Waals surface area contributed by atoms with E-state index in [0.29, 0.717) is 26.1 Å². The van der Waals surface area contributed by atoms with Gasteiger partial charge in [0.15, 0.2) is 12.1 Å². The molecule has 3 saturated heterocycles. The molecule has 32 heavy (non-hydrogen) atoms. The third-order valence-electron chi connectivity index (χ3n) is 6.36. The molecule has 0 N–H and O–H groups in total. The predicted molar refractivity (Wildman–Crippen MR) is 115 cm³/mol. The van der Waals surface area contributed by atoms with Crippen molar-refractivity contribution < 1.29 is 28.5 Å². The topological polar surface area (TPSA) is 66.5 Å². The van der Waals surface area contributed by atoms with E-state index >= 15 is 0 Å². The van der Waals surface area contributed by atoms with E-state index in [9.17, 15) is 4.79 Å². The summed E-state index contributed by atoms with van der Waals surface area (Å²) in [5, 5.41) is 0. The molecule has 4 atom stereocenters. The highest BCUT2D eigenvalue weighted by Gasteiger charge is 2.66. The molecule has 0 unspecified atom stereocenters. The van der Waals surface area contributed by atoms with Crippen molar-refractivity contribution in [3.63, 3.8) is 0 Å². The first-order valence-corrected chi connectivity index (χ1v) is 11.1. The summed E-state index contributed by atoms with van der Waals surface area (Å²) in [6, 6.07) is 19.7. The van der Waals surface area contributed by atoms with Crippen molar-refractivity contribution in [2.75, 3.05) is 13.1 Å². The van der Waals surface area contributed by atoms with Gasteiger partial charge in [0.05, 0.1) is 13.2 Å². The molecule has 0 aromatic heterocycles. The summed E-state index contributed by atoms with van der Waals surface area (Å²) in [6.07, 6.45) is -1.02. The zero-order chi connectivity index (χ0) is 22.2. The zero-order valence-corrected chi connectivity index (χ0v) is 18.4. The Bertz CT molecular complexity index is 936. The van der Waals surface area contributed by atoms with Gasteiger partial charge >= 0.3 is 6.09 Å². The van der Waals surface area contributed by atoms with Crippen LogP contribution in [-0.4, -0.2) is 54.0 Å². The Kier molecular flexibility index (Phi) is 5.67. The van der Waals surface area contributed by atoms with Crippen molar-refractivity contribution >= 4 is 6.09 Å². The van der Waals surface area contributed by atoms with Gasteiger partial charge in [-0.25, -0.2) is 4.79 Å². The van der Waals surface area contributed by atoms with Crippen LogP contribution in [0.15, 0.2) is 60.7 Å². The molecule has 7 heteroatoms. The average Bonchev–Trinajstić information content (AvgIpc) is 3.26. The number of fused-ring (bicyclic) bond motifs is 3. The fourth-order valence-corrected chi connectivity index (χ4v) is 4.74. The van der Waals surface area contributed by atoms with Crippen LogP contribution in [0.25, 0.3) is 0 Å². The second kappa shape index (κ2) is 8.48. The normalized spacial score (nSPS) is 30.6. The number of ether oxygens (including phenoxy) is 5. The molecule has 3 fully saturated rings. The van der Waals surface area contributed by atoms with Crippen LogP contribution in [0.3, 0.4) is 0 Å². The number of carbonyl (C=O) groups is 1. The summed E-state index contributed by atoms with van der Waals surface area (Å²) in [7, 11) is 0. The monoisotopic (exact) mass is 439 g/mol. The zero-order valence-electron chi connectivity index (χ0n) is 18.4. The molecule has 1 amide bonds. The number of carbonyl (C=O) groups excluding carboxylic acids is 1. The second-order valence-corrected chi connectivity index (χ2v) is 9.01. The number of rotatable bonds is 5. The number of hydrogen-bond donors (Lipinski definition) is 0. The Morgan fingerprint density at radius 1 is 1.00 bits per heavy atom. The molecule has 0 saturated carbocycles. The summed E-state index contributed by atoms with van der Waals surface area (Å²) in [5.74, 6) is -0.741. The van der Waals surface area contributed by atoms with Crippen LogP contribution in [-0.2, 0) is 36.9 Å². The number of amides is 1. The first kappa shape index (κ1) is 21.4. The molecular formula is C25H29NO6. The predicted octanol–water partition coefficient (Wildman–Crippen LogP) is 3.86. The van der Waals surface area contributed by atoms with Gasteiger partial charge in [-0.05, 0) is 31.4 Å². The fourth-order valence-electron chi connectivity index (χ4n) is 4.74. The van der Waals surface area contributed by atoms with Gasteiger partial charge in [-0.3, -0.25) is 0 Å². The van der Waals surface area contributed by atoms with E-state index in [1.165, 1.54) is 0 Å². The fraction of sp³-hybridized carbons (Fsp3) is 0.480. The standard InChI is InChI=1S/C25H29NO6/c1-24(2)31-21-22(32-24)30-20-15-26(23(27)28-16-18-9-5-3-6-10-18)14-13-25(20,21)29-17-19-11-7-4-8-12-19/h3-12,20-22H,13-17H2,1-2H3/t20-,21+,22-,25-/m1/s1. The number of piperidine rings is 1. The van der Waals surface area contributed by atoms with Gasteiger partial charge in [0.2, 0.25) is 0 Å². The largest absolute Gasteiger partial charge is 0.445 e. The maximum absolute atomic E-state index is 12.7. The molecule has 0 spiro atoms. The Morgan fingerprint density at radius 2 is 1.66 bits per heavy atom. The van der Waals surface area contributed by atoms with E-state index in [4.69, 9.17) is 23.7 Å². The molecule has 0 bridgehead atoms. The lowest BCUT2D eigenvalue weighted by Gasteiger charge is -2.44. The summed E-state index contributed by atoms with van der Waals surface area (Å²) < 4.78 is 30.5. The van der Waals surface area contributed by atoms with E-state index in [0.717, 1.165) is 11.1 Å². The van der Waals surface area contributed by atoms with E-state index in [1.54, 1.807) is 4.90 Å². The lowest BCUT2D eigenvalue weighted by molar-refractivity contribution is -0.247. The first-order chi connectivity index (χ1) is 15.5. The molecule has 170 valence electrons. The van der Waals surface area contributed by atoms with E-state index < -0.39 is 17.7 Å². The molecule has 2 aromatic rings. The number of benzene rings is 2. The molecule has 7 nitrogen and oxygen atoms in total. The lowest BCUT2D eigenvalue weighted by Crippen LogP contribution is -2.60. The van der Waals surface area contributed by atoms with Gasteiger partial charge in [0, 0.05) is 6.54 Å². The minimum atomic E-state index is -0.741. The van der Waals surface area contributed by atoms with Crippen LogP contribution in [0, 0.1) is 0 Å². The van der Waals surface area contributed by atoms with E-state index in [2.05, 4.69) is 0 Å². The summed E-state index contributed by atoms with van der Waals surface area (Å²) in [4.78, 5) is 14.4. The van der Waals surface area contributed by atoms with Crippen LogP contribution in [0.4, 0.5) is 4.79 Å². The highest BCUT2D eigenvalue weighted by Crippen LogP contribution is 2.48. The van der Waals surface area contributed by atoms with Crippen molar-refractivity contribution in [3.05, 3.63) is 71.8 Å². The summed E-state index contributed by atoms with van der Waals surface area (Å²) in [6.45, 7) is 5.29. The van der Waals surface area contributed by atoms with Gasteiger partial charge in [0.1, 0.15) is 24.4 Å². The Labute approximate surface area is 188 Å². The lowest BCUT2D eigenvalue weighted by atomic mass is 9.85. The second-order valence-electron chi connectivity index (χ2n) is 9.01. The highest BCUT2D eigenvalue weighted by molar-refractivity contribution is 5.68. The minimum Gasteiger partial charge on any atom is -0.445 e. The van der Waals surface area contributed by atoms with E-state index in [1.807, 2.05) is 74.5 Å². The maximum atomic E-state index is 12.7. The average molecular weight is 440 g/mol. The molecule has 3 heterocycles. The molecule has 0 radical (unpaired) electrons. The third kappa shape index (κ3) is 4.13. The van der Waals surface area contributed by atoms with E-state index in [-0.39, 0.29) is 24.9 Å². The first-order valence-electron chi connectivity index (χ1n) is 11.1. The van der Waals surface area contributed by atoms with Crippen LogP contribution < -0.4 is 0 Å². The molecule has 5 rings (SSSR count). The molecule has 3 aliphatic rings. The van der Waals surface area contributed by atoms with Crippen LogP contribution in [0.2, 0.25) is 0 Å². The maximum Gasteiger partial charge on any atom is 0.410 e. The number of hydrogen-bond acceptors (Lipinski definition) is 6. The summed E-state index contributed by atoms with van der Waals surface area (Å²) in [5.41, 5.74) is 1.34. The third-order valence-corrected chi connectivity index (χ3v) is 6.36. The SMILES string of the molecule is CC1(C)O[C@H]2O[C@@H]3CN(C(=O)OCc4ccccc4)CC[C@]3(OCc3ccccc3)[C@H]2O1. The number of nitrogens with zero attached hydrogens (tertiary/aromatic N) is 1. The molecule has 2 aromatic carbocycles. The van der Waals surface area contributed by atoms with Crippen molar-refractivity contribution in [1.29, 1.82) is 0 Å². The van der Waals surface area contributed by atoms with Crippen molar-refractivity contribution in [3.8, 4) is 0 Å².